The molecule has 0 aromatic carbocycles. The monoisotopic (exact) mass is 411 g/mol. The third-order valence-corrected chi connectivity index (χ3v) is 5.77. The number of aliphatic hydroxyl groups is 1. The van der Waals surface area contributed by atoms with E-state index in [-0.39, 0.29) is 18.4 Å². The van der Waals surface area contributed by atoms with E-state index in [4.69, 9.17) is 16.7 Å². The highest BCUT2D eigenvalue weighted by Gasteiger charge is 2.25. The van der Waals surface area contributed by atoms with Gasteiger partial charge in [0, 0.05) is 25.8 Å². The van der Waals surface area contributed by atoms with Gasteiger partial charge in [-0.2, -0.15) is 0 Å². The van der Waals surface area contributed by atoms with Crippen LogP contribution in [0.1, 0.15) is 44.1 Å². The predicted octanol–water partition coefficient (Wildman–Crippen LogP) is 4.05. The van der Waals surface area contributed by atoms with Gasteiger partial charge in [-0.15, -0.1) is 11.3 Å². The SMILES string of the molecule is O=C(O)CCCC=CCN1C(=O)CCC[C@@H]1C=CC(O)Cc1ccsc1Cl. The van der Waals surface area contributed by atoms with Crippen LogP contribution in [0, 0.1) is 0 Å². The number of unbranched alkanes of at least 4 members (excludes halogenated alkanes) is 1. The Bertz CT molecular complexity index is 685. The summed E-state index contributed by atoms with van der Waals surface area (Å²) in [5, 5.41) is 20.8. The van der Waals surface area contributed by atoms with Crippen LogP contribution in [0.25, 0.3) is 0 Å². The number of rotatable bonds is 10. The van der Waals surface area contributed by atoms with E-state index in [1.807, 2.05) is 34.6 Å². The first-order valence-corrected chi connectivity index (χ1v) is 10.5. The van der Waals surface area contributed by atoms with Crippen LogP contribution in [-0.4, -0.2) is 45.7 Å². The van der Waals surface area contributed by atoms with Crippen molar-refractivity contribution in [2.75, 3.05) is 6.54 Å². The first-order valence-electron chi connectivity index (χ1n) is 9.22. The van der Waals surface area contributed by atoms with Gasteiger partial charge in [0.2, 0.25) is 5.91 Å². The molecule has 0 bridgehead atoms. The largest absolute Gasteiger partial charge is 0.481 e. The number of thiophene rings is 1. The molecule has 1 aromatic heterocycles. The average Bonchev–Trinajstić information content (AvgIpc) is 3.02. The van der Waals surface area contributed by atoms with E-state index in [1.54, 1.807) is 6.08 Å². The first-order chi connectivity index (χ1) is 13.0. The molecule has 1 saturated heterocycles. The number of carbonyl (C=O) groups excluding carboxylic acids is 1. The van der Waals surface area contributed by atoms with Crippen molar-refractivity contribution in [2.24, 2.45) is 0 Å². The van der Waals surface area contributed by atoms with Gasteiger partial charge in [0.15, 0.2) is 0 Å². The fraction of sp³-hybridized carbons (Fsp3) is 0.500. The molecule has 2 atom stereocenters. The summed E-state index contributed by atoms with van der Waals surface area (Å²) < 4.78 is 0.699. The highest BCUT2D eigenvalue weighted by Crippen LogP contribution is 2.24. The molecule has 2 heterocycles. The molecular formula is C20H26ClNO4S. The molecule has 7 heteroatoms. The minimum absolute atomic E-state index is 0.0254. The number of halogens is 1. The van der Waals surface area contributed by atoms with Gasteiger partial charge < -0.3 is 15.1 Å². The second-order valence-electron chi connectivity index (χ2n) is 6.64. The highest BCUT2D eigenvalue weighted by molar-refractivity contribution is 7.14. The third kappa shape index (κ3) is 7.48. The molecule has 1 aliphatic rings. The lowest BCUT2D eigenvalue weighted by Gasteiger charge is -2.33. The number of hydrogen-bond donors (Lipinski definition) is 2. The maximum atomic E-state index is 12.3. The molecule has 1 fully saturated rings. The molecule has 1 aromatic rings. The van der Waals surface area contributed by atoms with Gasteiger partial charge in [-0.1, -0.05) is 35.9 Å². The van der Waals surface area contributed by atoms with Crippen LogP contribution < -0.4 is 0 Å². The van der Waals surface area contributed by atoms with E-state index in [0.29, 0.717) is 36.6 Å². The van der Waals surface area contributed by atoms with E-state index in [9.17, 15) is 14.7 Å². The molecule has 5 nitrogen and oxygen atoms in total. The Labute approximate surface area is 169 Å². The molecule has 148 valence electrons. The number of amides is 1. The maximum absolute atomic E-state index is 12.3. The molecule has 1 unspecified atom stereocenters. The summed E-state index contributed by atoms with van der Waals surface area (Å²) in [5.74, 6) is -0.677. The van der Waals surface area contributed by atoms with Crippen molar-refractivity contribution in [3.05, 3.63) is 45.7 Å². The molecule has 1 amide bonds. The highest BCUT2D eigenvalue weighted by atomic mass is 35.5. The Morgan fingerprint density at radius 3 is 2.96 bits per heavy atom. The molecule has 0 aliphatic carbocycles. The average molecular weight is 412 g/mol. The normalized spacial score (nSPS) is 19.3. The molecule has 27 heavy (non-hydrogen) atoms. The zero-order valence-electron chi connectivity index (χ0n) is 15.2. The van der Waals surface area contributed by atoms with Crippen molar-refractivity contribution >= 4 is 34.8 Å². The van der Waals surface area contributed by atoms with Crippen molar-refractivity contribution in [3.63, 3.8) is 0 Å². The summed E-state index contributed by atoms with van der Waals surface area (Å²) in [4.78, 5) is 24.6. The fourth-order valence-corrected chi connectivity index (χ4v) is 4.03. The molecule has 2 N–H and O–H groups in total. The van der Waals surface area contributed by atoms with Crippen molar-refractivity contribution in [1.82, 2.24) is 4.90 Å². The van der Waals surface area contributed by atoms with Crippen molar-refractivity contribution in [2.45, 2.75) is 57.1 Å². The molecule has 1 aliphatic heterocycles. The van der Waals surface area contributed by atoms with E-state index < -0.39 is 12.1 Å². The summed E-state index contributed by atoms with van der Waals surface area (Å²) >= 11 is 7.52. The zero-order chi connectivity index (χ0) is 19.6. The third-order valence-electron chi connectivity index (χ3n) is 4.52. The number of hydrogen-bond acceptors (Lipinski definition) is 4. The molecule has 2 rings (SSSR count). The van der Waals surface area contributed by atoms with Gasteiger partial charge in [0.05, 0.1) is 16.5 Å². The van der Waals surface area contributed by atoms with Crippen LogP contribution >= 0.6 is 22.9 Å². The summed E-state index contributed by atoms with van der Waals surface area (Å²) in [6.07, 6.45) is 11.1. The van der Waals surface area contributed by atoms with E-state index in [0.717, 1.165) is 18.4 Å². The number of carboxylic acid groups (broad SMARTS) is 1. The van der Waals surface area contributed by atoms with Crippen LogP contribution in [0.4, 0.5) is 0 Å². The van der Waals surface area contributed by atoms with Crippen LogP contribution in [0.2, 0.25) is 4.34 Å². The van der Waals surface area contributed by atoms with Gasteiger partial charge in [-0.05, 0) is 42.7 Å². The van der Waals surface area contributed by atoms with Crippen molar-refractivity contribution in [1.29, 1.82) is 0 Å². The van der Waals surface area contributed by atoms with Gasteiger partial charge in [0.1, 0.15) is 0 Å². The molecule has 0 radical (unpaired) electrons. The number of likely N-dealkylation sites (tertiary alicyclic amines) is 1. The van der Waals surface area contributed by atoms with Crippen LogP contribution in [0.5, 0.6) is 0 Å². The minimum Gasteiger partial charge on any atom is -0.481 e. The minimum atomic E-state index is -0.790. The molecular weight excluding hydrogens is 386 g/mol. The second kappa shape index (κ2) is 11.3. The van der Waals surface area contributed by atoms with E-state index in [1.165, 1.54) is 11.3 Å². The number of piperidine rings is 1. The number of allylic oxidation sites excluding steroid dienone is 1. The maximum Gasteiger partial charge on any atom is 0.303 e. The quantitative estimate of drug-likeness (QED) is 0.449. The molecule has 0 saturated carbocycles. The zero-order valence-corrected chi connectivity index (χ0v) is 16.8. The van der Waals surface area contributed by atoms with Crippen molar-refractivity contribution in [3.8, 4) is 0 Å². The smallest absolute Gasteiger partial charge is 0.303 e. The second-order valence-corrected chi connectivity index (χ2v) is 8.16. The predicted molar refractivity (Wildman–Crippen MR) is 108 cm³/mol. The Balaban J connectivity index is 1.86. The fourth-order valence-electron chi connectivity index (χ4n) is 3.08. The summed E-state index contributed by atoms with van der Waals surface area (Å²) in [5.41, 5.74) is 0.930. The van der Waals surface area contributed by atoms with Gasteiger partial charge in [-0.25, -0.2) is 0 Å². The topological polar surface area (TPSA) is 77.8 Å². The van der Waals surface area contributed by atoms with E-state index in [2.05, 4.69) is 0 Å². The Morgan fingerprint density at radius 1 is 1.44 bits per heavy atom. The lowest BCUT2D eigenvalue weighted by Crippen LogP contribution is -2.42. The summed E-state index contributed by atoms with van der Waals surface area (Å²) in [6.45, 7) is 0.507. The number of aliphatic carboxylic acids is 1. The number of aliphatic hydroxyl groups excluding tert-OH is 1. The lowest BCUT2D eigenvalue weighted by atomic mass is 10.00. The Kier molecular flexibility index (Phi) is 9.04. The number of nitrogens with zero attached hydrogens (tertiary/aromatic N) is 1. The Hall–Kier alpha value is -1.63. The number of carbonyl (C=O) groups is 2. The summed E-state index contributed by atoms with van der Waals surface area (Å²) in [7, 11) is 0. The van der Waals surface area contributed by atoms with Gasteiger partial charge in [0.25, 0.3) is 0 Å². The number of carboxylic acids is 1. The Morgan fingerprint density at radius 2 is 2.26 bits per heavy atom. The summed E-state index contributed by atoms with van der Waals surface area (Å²) in [6, 6.07) is 1.89. The first kappa shape index (κ1) is 21.7. The van der Waals surface area contributed by atoms with Crippen molar-refractivity contribution < 1.29 is 19.8 Å². The standard InChI is InChI=1S/C20H26ClNO4S/c21-20-15(11-13-27-20)14-17(23)10-9-16-6-5-7-18(24)22(16)12-4-2-1-3-8-19(25)26/h2,4,9-11,13,16-17,23H,1,3,5-8,12,14H2,(H,25,26)/t16-,17?/m1/s1. The van der Waals surface area contributed by atoms with Gasteiger partial charge >= 0.3 is 5.97 Å². The van der Waals surface area contributed by atoms with Crippen LogP contribution in [0.3, 0.4) is 0 Å². The van der Waals surface area contributed by atoms with Gasteiger partial charge in [-0.3, -0.25) is 9.59 Å². The molecule has 0 spiro atoms. The van der Waals surface area contributed by atoms with E-state index >= 15 is 0 Å². The lowest BCUT2D eigenvalue weighted by molar-refractivity contribution is -0.137. The van der Waals surface area contributed by atoms with Crippen LogP contribution in [0.15, 0.2) is 35.8 Å². The van der Waals surface area contributed by atoms with Crippen LogP contribution in [-0.2, 0) is 16.0 Å².